The van der Waals surface area contributed by atoms with Gasteiger partial charge in [-0.15, -0.1) is 12.8 Å². The number of rotatable bonds is 3. The lowest BCUT2D eigenvalue weighted by Gasteiger charge is -2.24. The molecule has 0 bridgehead atoms. The Bertz CT molecular complexity index is 725. The minimum Gasteiger partial charge on any atom is -0.259 e. The van der Waals surface area contributed by atoms with Gasteiger partial charge in [0.2, 0.25) is 0 Å². The minimum absolute atomic E-state index is 0.0432. The van der Waals surface area contributed by atoms with Crippen LogP contribution in [0, 0.1) is 30.3 Å². The van der Waals surface area contributed by atoms with E-state index in [9.17, 15) is 13.2 Å². The third kappa shape index (κ3) is 5.14. The van der Waals surface area contributed by atoms with Crippen molar-refractivity contribution in [3.05, 3.63) is 41.3 Å². The molecule has 1 atom stereocenters. The number of halogens is 3. The lowest BCUT2D eigenvalue weighted by molar-refractivity contribution is 0.359. The van der Waals surface area contributed by atoms with Gasteiger partial charge in [-0.25, -0.2) is 13.2 Å². The number of hydrogen-bond acceptors (Lipinski definition) is 1. The molecule has 0 N–H and O–H groups in total. The molecule has 0 aliphatic rings. The van der Waals surface area contributed by atoms with Crippen LogP contribution in [0.5, 0.6) is 0 Å². The molecule has 26 heavy (non-hydrogen) atoms. The van der Waals surface area contributed by atoms with Crippen molar-refractivity contribution >= 4 is 0 Å². The molecular weight excluding hydrogens is 337 g/mol. The average Bonchev–Trinajstić information content (AvgIpc) is 3.06. The molecule has 2 nitrogen and oxygen atoms in total. The molecule has 1 unspecified atom stereocenters. The molecule has 2 rings (SSSR count). The molecule has 144 valence electrons. The Morgan fingerprint density at radius 2 is 1.54 bits per heavy atom. The Balaban J connectivity index is 0.00000146. The first-order chi connectivity index (χ1) is 12.2. The van der Waals surface area contributed by atoms with E-state index in [1.54, 1.807) is 10.9 Å². The Morgan fingerprint density at radius 1 is 1.04 bits per heavy atom. The standard InChI is InChI=1S/C17H21F3N2.C2H6.C2H2/c1-6-10(2)12-9-21-22(17(3,4)5)16(12)11-7-14(19)15(20)8-13(11)18;2*1-2/h7-10H,6H2,1-5H3;1-2H3;1-2H. The first kappa shape index (κ1) is 23.8. The molecule has 0 amide bonds. The second-order valence-electron chi connectivity index (χ2n) is 6.59. The van der Waals surface area contributed by atoms with Crippen LogP contribution < -0.4 is 0 Å². The van der Waals surface area contributed by atoms with Gasteiger partial charge in [0, 0.05) is 17.2 Å². The van der Waals surface area contributed by atoms with E-state index in [1.165, 1.54) is 0 Å². The second-order valence-corrected chi connectivity index (χ2v) is 6.59. The van der Waals surface area contributed by atoms with Crippen molar-refractivity contribution in [2.75, 3.05) is 0 Å². The zero-order valence-corrected chi connectivity index (χ0v) is 16.7. The van der Waals surface area contributed by atoms with Gasteiger partial charge >= 0.3 is 0 Å². The average molecular weight is 366 g/mol. The van der Waals surface area contributed by atoms with Gasteiger partial charge < -0.3 is 0 Å². The van der Waals surface area contributed by atoms with Crippen LogP contribution in [-0.4, -0.2) is 9.78 Å². The normalized spacial score (nSPS) is 11.7. The molecule has 1 aromatic carbocycles. The van der Waals surface area contributed by atoms with Gasteiger partial charge in [-0.1, -0.05) is 27.7 Å². The number of benzene rings is 1. The predicted octanol–water partition coefficient (Wildman–Crippen LogP) is 6.51. The summed E-state index contributed by atoms with van der Waals surface area (Å²) < 4.78 is 42.8. The van der Waals surface area contributed by atoms with Crippen LogP contribution in [0.2, 0.25) is 0 Å². The third-order valence-corrected chi connectivity index (χ3v) is 3.84. The van der Waals surface area contributed by atoms with E-state index < -0.39 is 23.0 Å². The van der Waals surface area contributed by atoms with Gasteiger partial charge in [0.1, 0.15) is 5.82 Å². The van der Waals surface area contributed by atoms with Crippen molar-refractivity contribution in [2.45, 2.75) is 66.3 Å². The van der Waals surface area contributed by atoms with Crippen molar-refractivity contribution in [3.63, 3.8) is 0 Å². The summed E-state index contributed by atoms with van der Waals surface area (Å²) in [5.74, 6) is -2.89. The van der Waals surface area contributed by atoms with E-state index in [1.807, 2.05) is 48.5 Å². The van der Waals surface area contributed by atoms with Crippen LogP contribution in [0.3, 0.4) is 0 Å². The molecule has 2 aromatic rings. The number of terminal acetylenes is 1. The quantitative estimate of drug-likeness (QED) is 0.447. The summed E-state index contributed by atoms with van der Waals surface area (Å²) in [5.41, 5.74) is 0.987. The van der Waals surface area contributed by atoms with E-state index in [0.717, 1.165) is 18.1 Å². The molecule has 0 radical (unpaired) electrons. The largest absolute Gasteiger partial charge is 0.259 e. The van der Waals surface area contributed by atoms with E-state index in [0.29, 0.717) is 11.8 Å². The summed E-state index contributed by atoms with van der Waals surface area (Å²) in [6.45, 7) is 13.8. The highest BCUT2D eigenvalue weighted by Gasteiger charge is 2.26. The van der Waals surface area contributed by atoms with Crippen LogP contribution >= 0.6 is 0 Å². The minimum atomic E-state index is -1.19. The molecule has 0 saturated heterocycles. The molecule has 0 spiro atoms. The molecule has 0 fully saturated rings. The molecule has 5 heteroatoms. The van der Waals surface area contributed by atoms with Crippen molar-refractivity contribution in [1.29, 1.82) is 0 Å². The number of nitrogens with zero attached hydrogens (tertiary/aromatic N) is 2. The SMILES string of the molecule is C#C.CC.CCC(C)c1cnn(C(C)(C)C)c1-c1cc(F)c(F)cc1F. The third-order valence-electron chi connectivity index (χ3n) is 3.84. The monoisotopic (exact) mass is 366 g/mol. The number of hydrogen-bond donors (Lipinski definition) is 0. The molecule has 0 aliphatic carbocycles. The Morgan fingerprint density at radius 3 is 2.00 bits per heavy atom. The van der Waals surface area contributed by atoms with Crippen LogP contribution in [0.15, 0.2) is 18.3 Å². The first-order valence-corrected chi connectivity index (χ1v) is 8.73. The van der Waals surface area contributed by atoms with Gasteiger partial charge in [-0.2, -0.15) is 5.10 Å². The molecular formula is C21H29F3N2. The van der Waals surface area contributed by atoms with Crippen molar-refractivity contribution in [2.24, 2.45) is 0 Å². The van der Waals surface area contributed by atoms with Crippen molar-refractivity contribution in [1.82, 2.24) is 9.78 Å². The predicted molar refractivity (Wildman–Crippen MR) is 102 cm³/mol. The summed E-state index contributed by atoms with van der Waals surface area (Å²) in [4.78, 5) is 0. The summed E-state index contributed by atoms with van der Waals surface area (Å²) in [5, 5.41) is 4.36. The Hall–Kier alpha value is -2.22. The van der Waals surface area contributed by atoms with Crippen molar-refractivity contribution < 1.29 is 13.2 Å². The fourth-order valence-corrected chi connectivity index (χ4v) is 2.42. The Kier molecular flexibility index (Phi) is 9.20. The Labute approximate surface area is 155 Å². The maximum atomic E-state index is 14.3. The molecule has 0 aliphatic heterocycles. The summed E-state index contributed by atoms with van der Waals surface area (Å²) in [7, 11) is 0. The fourth-order valence-electron chi connectivity index (χ4n) is 2.42. The lowest BCUT2D eigenvalue weighted by Crippen LogP contribution is -2.24. The maximum absolute atomic E-state index is 14.3. The van der Waals surface area contributed by atoms with Gasteiger partial charge in [-0.3, -0.25) is 4.68 Å². The zero-order chi connectivity index (χ0) is 20.7. The molecule has 1 heterocycles. The van der Waals surface area contributed by atoms with Gasteiger partial charge in [-0.05, 0) is 39.2 Å². The molecule has 1 aromatic heterocycles. The molecule has 0 saturated carbocycles. The summed E-state index contributed by atoms with van der Waals surface area (Å²) in [6, 6.07) is 1.50. The van der Waals surface area contributed by atoms with Crippen LogP contribution in [0.25, 0.3) is 11.3 Å². The smallest absolute Gasteiger partial charge is 0.161 e. The lowest BCUT2D eigenvalue weighted by atomic mass is 9.94. The highest BCUT2D eigenvalue weighted by molar-refractivity contribution is 5.65. The van der Waals surface area contributed by atoms with Crippen LogP contribution in [0.4, 0.5) is 13.2 Å². The maximum Gasteiger partial charge on any atom is 0.161 e. The van der Waals surface area contributed by atoms with Gasteiger partial charge in [0.05, 0.1) is 17.4 Å². The van der Waals surface area contributed by atoms with E-state index >= 15 is 0 Å². The van der Waals surface area contributed by atoms with Crippen molar-refractivity contribution in [3.8, 4) is 24.1 Å². The second kappa shape index (κ2) is 10.1. The van der Waals surface area contributed by atoms with Crippen LogP contribution in [-0.2, 0) is 5.54 Å². The zero-order valence-electron chi connectivity index (χ0n) is 16.7. The highest BCUT2D eigenvalue weighted by Crippen LogP contribution is 2.36. The van der Waals surface area contributed by atoms with Crippen LogP contribution in [0.1, 0.15) is 66.4 Å². The highest BCUT2D eigenvalue weighted by atomic mass is 19.2. The number of aromatic nitrogens is 2. The van der Waals surface area contributed by atoms with Gasteiger partial charge in [0.15, 0.2) is 11.6 Å². The topological polar surface area (TPSA) is 17.8 Å². The van der Waals surface area contributed by atoms with Gasteiger partial charge in [0.25, 0.3) is 0 Å². The summed E-state index contributed by atoms with van der Waals surface area (Å²) >= 11 is 0. The van der Waals surface area contributed by atoms with E-state index in [2.05, 4.69) is 17.9 Å². The van der Waals surface area contributed by atoms with E-state index in [4.69, 9.17) is 0 Å². The fraction of sp³-hybridized carbons (Fsp3) is 0.476. The van der Waals surface area contributed by atoms with E-state index in [-0.39, 0.29) is 11.5 Å². The first-order valence-electron chi connectivity index (χ1n) is 8.73. The summed E-state index contributed by atoms with van der Waals surface area (Å²) in [6.07, 6.45) is 10.5.